The van der Waals surface area contributed by atoms with E-state index >= 15 is 0 Å². The lowest BCUT2D eigenvalue weighted by molar-refractivity contribution is -0.147. The standard InChI is InChI=1S/C21H23NO4/c1-16-7-6-8-17(13-16)11-12-21(24)26-15-20(23)22(2)14-18-9-4-5-10-19(18)25-3/h4-13H,14-15H2,1-3H3/b12-11+. The van der Waals surface area contributed by atoms with E-state index < -0.39 is 5.97 Å². The van der Waals surface area contributed by atoms with Crippen molar-refractivity contribution in [2.24, 2.45) is 0 Å². The van der Waals surface area contributed by atoms with Gasteiger partial charge in [0.25, 0.3) is 5.91 Å². The van der Waals surface area contributed by atoms with Gasteiger partial charge in [0.05, 0.1) is 7.11 Å². The number of hydrogen-bond acceptors (Lipinski definition) is 4. The summed E-state index contributed by atoms with van der Waals surface area (Å²) < 4.78 is 10.3. The number of aryl methyl sites for hydroxylation is 1. The van der Waals surface area contributed by atoms with Gasteiger partial charge in [0.2, 0.25) is 0 Å². The van der Waals surface area contributed by atoms with Crippen molar-refractivity contribution in [1.82, 2.24) is 4.90 Å². The summed E-state index contributed by atoms with van der Waals surface area (Å²) in [7, 11) is 3.24. The maximum Gasteiger partial charge on any atom is 0.331 e. The molecule has 0 aliphatic heterocycles. The van der Waals surface area contributed by atoms with Gasteiger partial charge >= 0.3 is 5.97 Å². The molecular weight excluding hydrogens is 330 g/mol. The molecule has 136 valence electrons. The van der Waals surface area contributed by atoms with Crippen LogP contribution in [-0.2, 0) is 20.9 Å². The molecular formula is C21H23NO4. The number of esters is 1. The van der Waals surface area contributed by atoms with Crippen molar-refractivity contribution in [2.45, 2.75) is 13.5 Å². The molecule has 0 saturated heterocycles. The Kier molecular flexibility index (Phi) is 6.97. The van der Waals surface area contributed by atoms with Gasteiger partial charge in [-0.1, -0.05) is 48.0 Å². The van der Waals surface area contributed by atoms with E-state index in [-0.39, 0.29) is 12.5 Å². The molecule has 0 unspecified atom stereocenters. The van der Waals surface area contributed by atoms with E-state index in [9.17, 15) is 9.59 Å². The van der Waals surface area contributed by atoms with Crippen molar-refractivity contribution in [2.75, 3.05) is 20.8 Å². The maximum absolute atomic E-state index is 12.2. The van der Waals surface area contributed by atoms with Gasteiger partial charge < -0.3 is 14.4 Å². The number of carbonyl (C=O) groups is 2. The van der Waals surface area contributed by atoms with Gasteiger partial charge in [-0.05, 0) is 24.6 Å². The van der Waals surface area contributed by atoms with Gasteiger partial charge in [-0.25, -0.2) is 4.79 Å². The highest BCUT2D eigenvalue weighted by Crippen LogP contribution is 2.18. The zero-order valence-electron chi connectivity index (χ0n) is 15.3. The average molecular weight is 353 g/mol. The molecule has 0 aliphatic carbocycles. The number of benzene rings is 2. The molecule has 0 saturated carbocycles. The minimum atomic E-state index is -0.550. The summed E-state index contributed by atoms with van der Waals surface area (Å²) in [5.74, 6) is -0.121. The molecule has 2 aromatic carbocycles. The van der Waals surface area contributed by atoms with Crippen LogP contribution in [0.1, 0.15) is 16.7 Å². The number of carbonyl (C=O) groups excluding carboxylic acids is 2. The molecule has 0 aromatic heterocycles. The van der Waals surface area contributed by atoms with Gasteiger partial charge in [0.1, 0.15) is 5.75 Å². The SMILES string of the molecule is COc1ccccc1CN(C)C(=O)COC(=O)/C=C/c1cccc(C)c1. The average Bonchev–Trinajstić information content (AvgIpc) is 2.64. The van der Waals surface area contributed by atoms with Crippen LogP contribution in [0, 0.1) is 6.92 Å². The Morgan fingerprint density at radius 1 is 1.12 bits per heavy atom. The zero-order chi connectivity index (χ0) is 18.9. The summed E-state index contributed by atoms with van der Waals surface area (Å²) in [6.07, 6.45) is 2.99. The van der Waals surface area contributed by atoms with Gasteiger partial charge in [-0.2, -0.15) is 0 Å². The molecule has 2 aromatic rings. The molecule has 0 aliphatic rings. The first-order chi connectivity index (χ1) is 12.5. The summed E-state index contributed by atoms with van der Waals surface area (Å²) in [5.41, 5.74) is 2.90. The second kappa shape index (κ2) is 9.42. The lowest BCUT2D eigenvalue weighted by Crippen LogP contribution is -2.30. The van der Waals surface area contributed by atoms with Crippen molar-refractivity contribution in [3.8, 4) is 5.75 Å². The molecule has 26 heavy (non-hydrogen) atoms. The number of methoxy groups -OCH3 is 1. The molecule has 0 fully saturated rings. The fourth-order valence-electron chi connectivity index (χ4n) is 2.41. The Hall–Kier alpha value is -3.08. The second-order valence-corrected chi connectivity index (χ2v) is 5.92. The smallest absolute Gasteiger partial charge is 0.331 e. The minimum Gasteiger partial charge on any atom is -0.496 e. The van der Waals surface area contributed by atoms with Crippen LogP contribution in [-0.4, -0.2) is 37.5 Å². The zero-order valence-corrected chi connectivity index (χ0v) is 15.3. The maximum atomic E-state index is 12.2. The summed E-state index contributed by atoms with van der Waals surface area (Å²) in [4.78, 5) is 25.4. The van der Waals surface area contributed by atoms with E-state index in [0.717, 1.165) is 16.7 Å². The molecule has 0 spiro atoms. The minimum absolute atomic E-state index is 0.284. The number of hydrogen-bond donors (Lipinski definition) is 0. The lowest BCUT2D eigenvalue weighted by Gasteiger charge is -2.18. The molecule has 0 heterocycles. The predicted octanol–water partition coefficient (Wildman–Crippen LogP) is 3.22. The van der Waals surface area contributed by atoms with E-state index in [4.69, 9.17) is 9.47 Å². The van der Waals surface area contributed by atoms with Crippen LogP contribution in [0.4, 0.5) is 0 Å². The quantitative estimate of drug-likeness (QED) is 0.566. The van der Waals surface area contributed by atoms with Gasteiger partial charge in [-0.15, -0.1) is 0 Å². The molecule has 5 heteroatoms. The van der Waals surface area contributed by atoms with E-state index in [1.807, 2.05) is 55.5 Å². The van der Waals surface area contributed by atoms with Crippen molar-refractivity contribution in [3.05, 3.63) is 71.3 Å². The van der Waals surface area contributed by atoms with Crippen LogP contribution in [0.2, 0.25) is 0 Å². The number of nitrogens with zero attached hydrogens (tertiary/aromatic N) is 1. The summed E-state index contributed by atoms with van der Waals surface area (Å²) in [6.45, 7) is 2.05. The highest BCUT2D eigenvalue weighted by atomic mass is 16.5. The Morgan fingerprint density at radius 3 is 2.62 bits per heavy atom. The fraction of sp³-hybridized carbons (Fsp3) is 0.238. The molecule has 1 amide bonds. The highest BCUT2D eigenvalue weighted by Gasteiger charge is 2.13. The van der Waals surface area contributed by atoms with E-state index in [1.54, 1.807) is 20.2 Å². The van der Waals surface area contributed by atoms with Crippen LogP contribution in [0.5, 0.6) is 5.75 Å². The first-order valence-electron chi connectivity index (χ1n) is 8.27. The Balaban J connectivity index is 1.84. The number of likely N-dealkylation sites (N-methyl/N-ethyl adjacent to an activating group) is 1. The molecule has 0 atom stereocenters. The second-order valence-electron chi connectivity index (χ2n) is 5.92. The first-order valence-corrected chi connectivity index (χ1v) is 8.27. The lowest BCUT2D eigenvalue weighted by atomic mass is 10.1. The van der Waals surface area contributed by atoms with Crippen LogP contribution in [0.3, 0.4) is 0 Å². The molecule has 5 nitrogen and oxygen atoms in total. The van der Waals surface area contributed by atoms with Gasteiger partial charge in [0.15, 0.2) is 6.61 Å². The van der Waals surface area contributed by atoms with Crippen LogP contribution >= 0.6 is 0 Å². The largest absolute Gasteiger partial charge is 0.496 e. The molecule has 2 rings (SSSR count). The first kappa shape index (κ1) is 19.2. The topological polar surface area (TPSA) is 55.8 Å². The normalized spacial score (nSPS) is 10.6. The summed E-state index contributed by atoms with van der Waals surface area (Å²) >= 11 is 0. The van der Waals surface area contributed by atoms with Crippen molar-refractivity contribution < 1.29 is 19.1 Å². The fourth-order valence-corrected chi connectivity index (χ4v) is 2.41. The van der Waals surface area contributed by atoms with Gasteiger partial charge in [0, 0.05) is 25.2 Å². The van der Waals surface area contributed by atoms with E-state index in [2.05, 4.69) is 0 Å². The monoisotopic (exact) mass is 353 g/mol. The summed E-state index contributed by atoms with van der Waals surface area (Å²) in [6, 6.07) is 15.2. The van der Waals surface area contributed by atoms with Crippen LogP contribution < -0.4 is 4.74 Å². The van der Waals surface area contributed by atoms with Crippen LogP contribution in [0.25, 0.3) is 6.08 Å². The Morgan fingerprint density at radius 2 is 1.88 bits per heavy atom. The molecule has 0 N–H and O–H groups in total. The summed E-state index contributed by atoms with van der Waals surface area (Å²) in [5, 5.41) is 0. The number of para-hydroxylation sites is 1. The number of ether oxygens (including phenoxy) is 2. The van der Waals surface area contributed by atoms with Crippen molar-refractivity contribution >= 4 is 18.0 Å². The third-order valence-electron chi connectivity index (χ3n) is 3.82. The van der Waals surface area contributed by atoms with Crippen LogP contribution in [0.15, 0.2) is 54.6 Å². The molecule has 0 radical (unpaired) electrons. The van der Waals surface area contributed by atoms with Crippen molar-refractivity contribution in [3.63, 3.8) is 0 Å². The van der Waals surface area contributed by atoms with E-state index in [1.165, 1.54) is 11.0 Å². The molecule has 0 bridgehead atoms. The Bertz CT molecular complexity index is 798. The van der Waals surface area contributed by atoms with Crippen molar-refractivity contribution in [1.29, 1.82) is 0 Å². The predicted molar refractivity (Wildman–Crippen MR) is 101 cm³/mol. The third kappa shape index (κ3) is 5.77. The number of amides is 1. The highest BCUT2D eigenvalue weighted by molar-refractivity contribution is 5.89. The van der Waals surface area contributed by atoms with E-state index in [0.29, 0.717) is 12.3 Å². The van der Waals surface area contributed by atoms with Gasteiger partial charge in [-0.3, -0.25) is 4.79 Å². The number of rotatable bonds is 7. The third-order valence-corrected chi connectivity index (χ3v) is 3.82. The Labute approximate surface area is 153 Å².